The number of rotatable bonds is 7. The smallest absolute Gasteiger partial charge is 0.327 e. The summed E-state index contributed by atoms with van der Waals surface area (Å²) in [7, 11) is 1.48. The molecule has 4 amide bonds. The minimum absolute atomic E-state index is 0.0364. The molecule has 1 fully saturated rings. The Kier molecular flexibility index (Phi) is 5.30. The number of benzene rings is 1. The van der Waals surface area contributed by atoms with Gasteiger partial charge in [-0.1, -0.05) is 12.1 Å². The Labute approximate surface area is 137 Å². The Balaban J connectivity index is 1.77. The van der Waals surface area contributed by atoms with Crippen LogP contribution in [0.1, 0.15) is 0 Å². The maximum atomic E-state index is 11.8. The summed E-state index contributed by atoms with van der Waals surface area (Å²) in [5.41, 5.74) is 0.295. The van der Waals surface area contributed by atoms with Gasteiger partial charge in [0.15, 0.2) is 0 Å². The number of carbonyl (C=O) groups is 3. The molecule has 1 saturated heterocycles. The van der Waals surface area contributed by atoms with Crippen LogP contribution in [0.2, 0.25) is 0 Å². The highest BCUT2D eigenvalue weighted by atomic mass is 16.6. The Morgan fingerprint density at radius 2 is 2.00 bits per heavy atom. The van der Waals surface area contributed by atoms with Crippen molar-refractivity contribution in [1.29, 1.82) is 0 Å². The average molecular weight is 335 g/mol. The highest BCUT2D eigenvalue weighted by Crippen LogP contribution is 2.22. The van der Waals surface area contributed by atoms with Crippen molar-refractivity contribution in [3.8, 4) is 0 Å². The molecule has 1 aliphatic heterocycles. The number of carbonyl (C=O) groups excluding carboxylic acids is 3. The highest BCUT2D eigenvalue weighted by Gasteiger charge is 2.34. The number of amides is 4. The number of hydrogen-bond acceptors (Lipinski definition) is 6. The van der Waals surface area contributed by atoms with Crippen molar-refractivity contribution in [1.82, 2.24) is 15.1 Å². The zero-order valence-corrected chi connectivity index (χ0v) is 13.0. The molecule has 0 saturated carbocycles. The van der Waals surface area contributed by atoms with Gasteiger partial charge in [-0.3, -0.25) is 24.6 Å². The summed E-state index contributed by atoms with van der Waals surface area (Å²) in [5, 5.41) is 16.3. The second-order valence-corrected chi connectivity index (χ2v) is 5.17. The molecule has 2 N–H and O–H groups in total. The topological polar surface area (TPSA) is 125 Å². The first-order valence-electron chi connectivity index (χ1n) is 7.19. The summed E-state index contributed by atoms with van der Waals surface area (Å²) in [6.07, 6.45) is 0. The van der Waals surface area contributed by atoms with E-state index >= 15 is 0 Å². The van der Waals surface area contributed by atoms with E-state index in [-0.39, 0.29) is 31.9 Å². The van der Waals surface area contributed by atoms with Crippen LogP contribution in [-0.4, -0.2) is 65.8 Å². The largest absolute Gasteiger partial charge is 0.378 e. The van der Waals surface area contributed by atoms with Crippen molar-refractivity contribution in [3.05, 3.63) is 34.4 Å². The molecular formula is C14H17N5O5. The lowest BCUT2D eigenvalue weighted by molar-refractivity contribution is -0.384. The van der Waals surface area contributed by atoms with Crippen molar-refractivity contribution in [2.75, 3.05) is 38.5 Å². The number of urea groups is 1. The van der Waals surface area contributed by atoms with Gasteiger partial charge in [-0.05, 0) is 6.07 Å². The summed E-state index contributed by atoms with van der Waals surface area (Å²) in [6, 6.07) is 5.66. The summed E-state index contributed by atoms with van der Waals surface area (Å²) in [6.45, 7) is 0.0775. The van der Waals surface area contributed by atoms with E-state index in [1.165, 1.54) is 18.0 Å². The monoisotopic (exact) mass is 335 g/mol. The average Bonchev–Trinajstić information content (AvgIpc) is 2.78. The fourth-order valence-corrected chi connectivity index (χ4v) is 2.21. The number of nitro benzene ring substituents is 1. The summed E-state index contributed by atoms with van der Waals surface area (Å²) < 4.78 is 0. The Morgan fingerprint density at radius 3 is 2.62 bits per heavy atom. The van der Waals surface area contributed by atoms with E-state index in [0.717, 1.165) is 4.90 Å². The molecule has 10 nitrogen and oxygen atoms in total. The lowest BCUT2D eigenvalue weighted by atomic mass is 10.2. The zero-order valence-electron chi connectivity index (χ0n) is 13.0. The first-order valence-corrected chi connectivity index (χ1v) is 7.19. The summed E-state index contributed by atoms with van der Waals surface area (Å²) >= 11 is 0. The Hall–Kier alpha value is -3.17. The maximum absolute atomic E-state index is 11.8. The molecule has 1 aliphatic rings. The van der Waals surface area contributed by atoms with Gasteiger partial charge in [-0.25, -0.2) is 4.79 Å². The van der Waals surface area contributed by atoms with Gasteiger partial charge in [0.2, 0.25) is 5.91 Å². The van der Waals surface area contributed by atoms with E-state index in [1.807, 2.05) is 0 Å². The molecule has 0 atom stereocenters. The first kappa shape index (κ1) is 17.2. The predicted octanol–water partition coefficient (Wildman–Crippen LogP) is 0.0169. The minimum atomic E-state index is -0.506. The Bertz CT molecular complexity index is 677. The van der Waals surface area contributed by atoms with E-state index < -0.39 is 22.8 Å². The van der Waals surface area contributed by atoms with Crippen molar-refractivity contribution < 1.29 is 19.3 Å². The van der Waals surface area contributed by atoms with E-state index in [0.29, 0.717) is 5.69 Å². The molecule has 1 heterocycles. The fraction of sp³-hybridized carbons (Fsp3) is 0.357. The number of anilines is 1. The third kappa shape index (κ3) is 3.97. The number of nitrogens with one attached hydrogen (secondary N) is 2. The van der Waals surface area contributed by atoms with Gasteiger partial charge in [0.05, 0.1) is 4.92 Å². The second kappa shape index (κ2) is 7.40. The van der Waals surface area contributed by atoms with Gasteiger partial charge in [0, 0.05) is 26.2 Å². The standard InChI is InChI=1S/C14H17N5O5/c1-17-9-13(21)18(14(17)22)8-12(20)16-7-6-15-10-4-2-3-5-11(10)19(23)24/h2-5,15H,6-9H2,1H3,(H,16,20). The molecule has 0 radical (unpaired) electrons. The number of nitro groups is 1. The van der Waals surface area contributed by atoms with E-state index in [1.54, 1.807) is 18.2 Å². The van der Waals surface area contributed by atoms with Crippen LogP contribution in [-0.2, 0) is 9.59 Å². The van der Waals surface area contributed by atoms with Crippen molar-refractivity contribution >= 4 is 29.2 Å². The van der Waals surface area contributed by atoms with Crippen LogP contribution < -0.4 is 10.6 Å². The molecule has 24 heavy (non-hydrogen) atoms. The SMILES string of the molecule is CN1CC(=O)N(CC(=O)NCCNc2ccccc2[N+](=O)[O-])C1=O. The normalized spacial score (nSPS) is 14.0. The van der Waals surface area contributed by atoms with Crippen molar-refractivity contribution in [3.63, 3.8) is 0 Å². The molecule has 0 aliphatic carbocycles. The molecule has 0 spiro atoms. The zero-order chi connectivity index (χ0) is 17.7. The van der Waals surface area contributed by atoms with Gasteiger partial charge in [0.25, 0.3) is 11.6 Å². The van der Waals surface area contributed by atoms with Gasteiger partial charge < -0.3 is 15.5 Å². The highest BCUT2D eigenvalue weighted by molar-refractivity contribution is 6.04. The molecule has 10 heteroatoms. The molecule has 0 bridgehead atoms. The van der Waals surface area contributed by atoms with Gasteiger partial charge in [0.1, 0.15) is 18.8 Å². The number of imide groups is 1. The van der Waals surface area contributed by atoms with Crippen LogP contribution in [0.3, 0.4) is 0 Å². The molecule has 0 aromatic heterocycles. The molecule has 1 aromatic rings. The van der Waals surface area contributed by atoms with Gasteiger partial charge in [-0.2, -0.15) is 0 Å². The van der Waals surface area contributed by atoms with Crippen LogP contribution in [0.15, 0.2) is 24.3 Å². The van der Waals surface area contributed by atoms with Crippen LogP contribution in [0.4, 0.5) is 16.2 Å². The quantitative estimate of drug-likeness (QED) is 0.313. The van der Waals surface area contributed by atoms with Crippen LogP contribution in [0.5, 0.6) is 0 Å². The molecule has 0 unspecified atom stereocenters. The third-order valence-corrected chi connectivity index (χ3v) is 3.40. The van der Waals surface area contributed by atoms with Gasteiger partial charge in [-0.15, -0.1) is 0 Å². The van der Waals surface area contributed by atoms with Crippen LogP contribution in [0, 0.1) is 10.1 Å². The maximum Gasteiger partial charge on any atom is 0.327 e. The third-order valence-electron chi connectivity index (χ3n) is 3.40. The fourth-order valence-electron chi connectivity index (χ4n) is 2.21. The number of nitrogens with zero attached hydrogens (tertiary/aromatic N) is 3. The van der Waals surface area contributed by atoms with Crippen molar-refractivity contribution in [2.45, 2.75) is 0 Å². The second-order valence-electron chi connectivity index (χ2n) is 5.17. The predicted molar refractivity (Wildman–Crippen MR) is 84.3 cm³/mol. The van der Waals surface area contributed by atoms with E-state index in [9.17, 15) is 24.5 Å². The summed E-state index contributed by atoms with van der Waals surface area (Å²) in [5.74, 6) is -0.896. The van der Waals surface area contributed by atoms with E-state index in [4.69, 9.17) is 0 Å². The molecule has 2 rings (SSSR count). The van der Waals surface area contributed by atoms with Crippen LogP contribution in [0.25, 0.3) is 0 Å². The van der Waals surface area contributed by atoms with Gasteiger partial charge >= 0.3 is 6.03 Å². The number of hydrogen-bond donors (Lipinski definition) is 2. The molecule has 128 valence electrons. The minimum Gasteiger partial charge on any atom is -0.378 e. The lowest BCUT2D eigenvalue weighted by Crippen LogP contribution is -2.42. The lowest BCUT2D eigenvalue weighted by Gasteiger charge is -2.14. The number of para-hydroxylation sites is 2. The van der Waals surface area contributed by atoms with Crippen LogP contribution >= 0.6 is 0 Å². The number of likely N-dealkylation sites (N-methyl/N-ethyl adjacent to an activating group) is 1. The Morgan fingerprint density at radius 1 is 1.29 bits per heavy atom. The molecule has 1 aromatic carbocycles. The van der Waals surface area contributed by atoms with Crippen molar-refractivity contribution in [2.24, 2.45) is 0 Å². The summed E-state index contributed by atoms with van der Waals surface area (Å²) in [4.78, 5) is 47.4. The first-order chi connectivity index (χ1) is 11.4. The van der Waals surface area contributed by atoms with E-state index in [2.05, 4.69) is 10.6 Å². The molecular weight excluding hydrogens is 318 g/mol.